The van der Waals surface area contributed by atoms with Gasteiger partial charge in [-0.25, -0.2) is 5.43 Å². The average molecular weight is 398 g/mol. The molecule has 0 bridgehead atoms. The van der Waals surface area contributed by atoms with Gasteiger partial charge in [0.1, 0.15) is 0 Å². The Morgan fingerprint density at radius 2 is 1.81 bits per heavy atom. The van der Waals surface area contributed by atoms with Gasteiger partial charge in [-0.1, -0.05) is 41.9 Å². The molecule has 2 aromatic carbocycles. The zero-order chi connectivity index (χ0) is 19.2. The van der Waals surface area contributed by atoms with E-state index in [0.29, 0.717) is 26.9 Å². The van der Waals surface area contributed by atoms with Crippen LogP contribution in [0.1, 0.15) is 32.5 Å². The summed E-state index contributed by atoms with van der Waals surface area (Å²) in [6.45, 7) is 1.77. The molecular formula is C20H16ClN3O2S. The van der Waals surface area contributed by atoms with Crippen LogP contribution >= 0.6 is 22.9 Å². The molecule has 27 heavy (non-hydrogen) atoms. The SMILES string of the molecule is C/C(=N\NC(=O)c1ccccc1Cl)c1cccc(NC(=O)c2cccs2)c1. The van der Waals surface area contributed by atoms with Crippen LogP contribution in [-0.4, -0.2) is 17.5 Å². The van der Waals surface area contributed by atoms with Crippen LogP contribution < -0.4 is 10.7 Å². The maximum Gasteiger partial charge on any atom is 0.272 e. The molecule has 3 rings (SSSR count). The molecule has 0 unspecified atom stereocenters. The van der Waals surface area contributed by atoms with Crippen LogP contribution in [0.3, 0.4) is 0 Å². The van der Waals surface area contributed by atoms with E-state index in [9.17, 15) is 9.59 Å². The van der Waals surface area contributed by atoms with Gasteiger partial charge in [0.2, 0.25) is 0 Å². The third-order valence-corrected chi connectivity index (χ3v) is 4.93. The van der Waals surface area contributed by atoms with Crippen molar-refractivity contribution in [2.45, 2.75) is 6.92 Å². The summed E-state index contributed by atoms with van der Waals surface area (Å²) in [7, 11) is 0. The minimum Gasteiger partial charge on any atom is -0.321 e. The molecule has 0 radical (unpaired) electrons. The number of rotatable bonds is 5. The van der Waals surface area contributed by atoms with Gasteiger partial charge in [0.05, 0.1) is 21.2 Å². The van der Waals surface area contributed by atoms with Crippen LogP contribution in [0.5, 0.6) is 0 Å². The van der Waals surface area contributed by atoms with Gasteiger partial charge in [0.25, 0.3) is 11.8 Å². The van der Waals surface area contributed by atoms with E-state index in [1.54, 1.807) is 49.4 Å². The second-order valence-corrected chi connectivity index (χ2v) is 6.99. The summed E-state index contributed by atoms with van der Waals surface area (Å²) in [6, 6.07) is 17.6. The molecule has 0 atom stereocenters. The molecule has 2 amide bonds. The molecule has 0 saturated carbocycles. The second-order valence-electron chi connectivity index (χ2n) is 5.63. The molecule has 5 nitrogen and oxygen atoms in total. The van der Waals surface area contributed by atoms with E-state index in [4.69, 9.17) is 11.6 Å². The molecule has 1 heterocycles. The van der Waals surface area contributed by atoms with Gasteiger partial charge in [-0.2, -0.15) is 5.10 Å². The number of thiophene rings is 1. The normalized spacial score (nSPS) is 11.1. The molecule has 0 aliphatic carbocycles. The molecular weight excluding hydrogens is 382 g/mol. The number of nitrogens with zero attached hydrogens (tertiary/aromatic N) is 1. The second kappa shape index (κ2) is 8.62. The van der Waals surface area contributed by atoms with Gasteiger partial charge in [0.15, 0.2) is 0 Å². The van der Waals surface area contributed by atoms with E-state index in [0.717, 1.165) is 5.56 Å². The van der Waals surface area contributed by atoms with Crippen molar-refractivity contribution in [2.75, 3.05) is 5.32 Å². The summed E-state index contributed by atoms with van der Waals surface area (Å²) in [4.78, 5) is 25.0. The van der Waals surface area contributed by atoms with Crippen LogP contribution in [0.4, 0.5) is 5.69 Å². The van der Waals surface area contributed by atoms with E-state index in [1.165, 1.54) is 11.3 Å². The fourth-order valence-corrected chi connectivity index (χ4v) is 3.17. The first kappa shape index (κ1) is 18.8. The van der Waals surface area contributed by atoms with Crippen LogP contribution in [0.15, 0.2) is 71.1 Å². The summed E-state index contributed by atoms with van der Waals surface area (Å²) in [6.07, 6.45) is 0. The number of benzene rings is 2. The monoisotopic (exact) mass is 397 g/mol. The van der Waals surface area contributed by atoms with Gasteiger partial charge < -0.3 is 5.32 Å². The molecule has 0 aliphatic heterocycles. The molecule has 0 spiro atoms. The van der Waals surface area contributed by atoms with Gasteiger partial charge in [-0.3, -0.25) is 9.59 Å². The lowest BCUT2D eigenvalue weighted by molar-refractivity contribution is 0.0954. The number of carbonyl (C=O) groups excluding carboxylic acids is 2. The van der Waals surface area contributed by atoms with Crippen molar-refractivity contribution in [3.8, 4) is 0 Å². The first-order chi connectivity index (χ1) is 13.0. The highest BCUT2D eigenvalue weighted by molar-refractivity contribution is 7.12. The number of halogens is 1. The van der Waals surface area contributed by atoms with Gasteiger partial charge in [-0.05, 0) is 48.2 Å². The highest BCUT2D eigenvalue weighted by Gasteiger charge is 2.10. The number of hydrogen-bond acceptors (Lipinski definition) is 4. The maximum absolute atomic E-state index is 12.2. The number of nitrogens with one attached hydrogen (secondary N) is 2. The predicted octanol–water partition coefficient (Wildman–Crippen LogP) is 4.81. The van der Waals surface area contributed by atoms with Crippen molar-refractivity contribution in [3.63, 3.8) is 0 Å². The van der Waals surface area contributed by atoms with Crippen LogP contribution in [0, 0.1) is 0 Å². The highest BCUT2D eigenvalue weighted by atomic mass is 35.5. The zero-order valence-corrected chi connectivity index (χ0v) is 16.0. The number of carbonyl (C=O) groups is 2. The Labute approximate surface area is 165 Å². The maximum atomic E-state index is 12.2. The van der Waals surface area contributed by atoms with Crippen LogP contribution in [0.2, 0.25) is 5.02 Å². The molecule has 0 saturated heterocycles. The number of hydrogen-bond donors (Lipinski definition) is 2. The summed E-state index contributed by atoms with van der Waals surface area (Å²) >= 11 is 7.39. The van der Waals surface area contributed by atoms with Crippen molar-refractivity contribution in [2.24, 2.45) is 5.10 Å². The predicted molar refractivity (Wildman–Crippen MR) is 110 cm³/mol. The Hall–Kier alpha value is -2.96. The Morgan fingerprint density at radius 3 is 2.56 bits per heavy atom. The van der Waals surface area contributed by atoms with Crippen LogP contribution in [0.25, 0.3) is 0 Å². The van der Waals surface area contributed by atoms with Gasteiger partial charge >= 0.3 is 0 Å². The first-order valence-electron chi connectivity index (χ1n) is 8.09. The fourth-order valence-electron chi connectivity index (χ4n) is 2.33. The van der Waals surface area contributed by atoms with Crippen molar-refractivity contribution in [1.82, 2.24) is 5.43 Å². The third kappa shape index (κ3) is 4.81. The van der Waals surface area contributed by atoms with Crippen LogP contribution in [-0.2, 0) is 0 Å². The third-order valence-electron chi connectivity index (χ3n) is 3.73. The van der Waals surface area contributed by atoms with Crippen molar-refractivity contribution < 1.29 is 9.59 Å². The van der Waals surface area contributed by atoms with Crippen molar-refractivity contribution in [3.05, 3.63) is 87.1 Å². The molecule has 136 valence electrons. The first-order valence-corrected chi connectivity index (χ1v) is 9.35. The largest absolute Gasteiger partial charge is 0.321 e. The quantitative estimate of drug-likeness (QED) is 0.479. The lowest BCUT2D eigenvalue weighted by Gasteiger charge is -2.07. The summed E-state index contributed by atoms with van der Waals surface area (Å²) < 4.78 is 0. The van der Waals surface area contributed by atoms with E-state index < -0.39 is 0 Å². The van der Waals surface area contributed by atoms with E-state index in [2.05, 4.69) is 15.8 Å². The van der Waals surface area contributed by atoms with E-state index >= 15 is 0 Å². The molecule has 1 aromatic heterocycles. The summed E-state index contributed by atoms with van der Waals surface area (Å²) in [5.74, 6) is -0.550. The summed E-state index contributed by atoms with van der Waals surface area (Å²) in [5.41, 5.74) is 4.88. The topological polar surface area (TPSA) is 70.6 Å². The molecule has 3 aromatic rings. The number of anilines is 1. The Bertz CT molecular complexity index is 1000. The van der Waals surface area contributed by atoms with Gasteiger partial charge in [0, 0.05) is 5.69 Å². The van der Waals surface area contributed by atoms with E-state index in [1.807, 2.05) is 23.6 Å². The average Bonchev–Trinajstić information content (AvgIpc) is 3.21. The minimum atomic E-state index is -0.387. The molecule has 0 fully saturated rings. The molecule has 2 N–H and O–H groups in total. The minimum absolute atomic E-state index is 0.163. The lowest BCUT2D eigenvalue weighted by Crippen LogP contribution is -2.19. The Kier molecular flexibility index (Phi) is 6.01. The van der Waals surface area contributed by atoms with E-state index in [-0.39, 0.29) is 11.8 Å². The Morgan fingerprint density at radius 1 is 1.00 bits per heavy atom. The smallest absolute Gasteiger partial charge is 0.272 e. The lowest BCUT2D eigenvalue weighted by atomic mass is 10.1. The zero-order valence-electron chi connectivity index (χ0n) is 14.4. The number of hydrazone groups is 1. The van der Waals surface area contributed by atoms with Gasteiger partial charge in [-0.15, -0.1) is 11.3 Å². The number of amides is 2. The van der Waals surface area contributed by atoms with Crippen molar-refractivity contribution >= 4 is 46.2 Å². The van der Waals surface area contributed by atoms with Crippen molar-refractivity contribution in [1.29, 1.82) is 0 Å². The fraction of sp³-hybridized carbons (Fsp3) is 0.0500. The molecule has 0 aliphatic rings. The standard InChI is InChI=1S/C20H16ClN3O2S/c1-13(23-24-19(25)16-8-2-3-9-17(16)21)14-6-4-7-15(12-14)22-20(26)18-10-5-11-27-18/h2-12H,1H3,(H,22,26)(H,24,25)/b23-13+. The summed E-state index contributed by atoms with van der Waals surface area (Å²) in [5, 5.41) is 9.19. The highest BCUT2D eigenvalue weighted by Crippen LogP contribution is 2.16. The molecule has 7 heteroatoms. The Balaban J connectivity index is 1.70.